The first-order valence-corrected chi connectivity index (χ1v) is 11.0. The van der Waals surface area contributed by atoms with E-state index in [1.807, 2.05) is 24.6 Å². The number of hydrogen-bond acceptors (Lipinski definition) is 3. The Morgan fingerprint density at radius 2 is 1.74 bits per heavy atom. The second-order valence-corrected chi connectivity index (χ2v) is 9.32. The van der Waals surface area contributed by atoms with Crippen LogP contribution in [0, 0.1) is 30.9 Å². The Morgan fingerprint density at radius 3 is 2.44 bits per heavy atom. The molecule has 0 unspecified atom stereocenters. The third-order valence-corrected chi connectivity index (χ3v) is 6.81. The first-order chi connectivity index (χ1) is 16.1. The Morgan fingerprint density at radius 1 is 1.06 bits per heavy atom. The lowest BCUT2D eigenvalue weighted by Crippen LogP contribution is -2.63. The first-order valence-electron chi connectivity index (χ1n) is 11.0. The summed E-state index contributed by atoms with van der Waals surface area (Å²) in [4.78, 5) is 14.4. The van der Waals surface area contributed by atoms with Gasteiger partial charge < -0.3 is 9.64 Å². The molecule has 2 heterocycles. The number of benzene rings is 2. The van der Waals surface area contributed by atoms with E-state index >= 15 is 0 Å². The van der Waals surface area contributed by atoms with E-state index in [1.54, 1.807) is 11.0 Å². The Labute approximate surface area is 193 Å². The van der Waals surface area contributed by atoms with Crippen LogP contribution in [0.15, 0.2) is 42.5 Å². The largest absolute Gasteiger partial charge is 0.434 e. The SMILES string of the molecule is Cc1ccc(F)cc1-c1cc(C)n(C2CC3(C2)CN(C(=O)c2ccc(F)cc2OC(F)F)C3)n1. The Bertz CT molecular complexity index is 1260. The molecule has 1 saturated carbocycles. The van der Waals surface area contributed by atoms with Crippen molar-refractivity contribution in [2.45, 2.75) is 39.3 Å². The molecule has 1 aliphatic carbocycles. The third kappa shape index (κ3) is 3.93. The fraction of sp³-hybridized carbons (Fsp3) is 0.360. The molecule has 1 aromatic heterocycles. The van der Waals surface area contributed by atoms with E-state index < -0.39 is 24.1 Å². The number of alkyl halides is 2. The topological polar surface area (TPSA) is 47.4 Å². The molecule has 178 valence electrons. The molecule has 2 aliphatic rings. The Kier molecular flexibility index (Phi) is 5.37. The summed E-state index contributed by atoms with van der Waals surface area (Å²) in [5.41, 5.74) is 3.29. The number of carbonyl (C=O) groups is 1. The van der Waals surface area contributed by atoms with Crippen LogP contribution in [-0.4, -0.2) is 40.3 Å². The lowest BCUT2D eigenvalue weighted by atomic mass is 9.60. The molecule has 1 spiro atoms. The number of aryl methyl sites for hydroxylation is 2. The van der Waals surface area contributed by atoms with E-state index in [0.717, 1.165) is 47.5 Å². The maximum absolute atomic E-state index is 13.7. The van der Waals surface area contributed by atoms with Crippen LogP contribution in [0.5, 0.6) is 5.75 Å². The number of ether oxygens (including phenoxy) is 1. The number of nitrogens with zero attached hydrogens (tertiary/aromatic N) is 3. The average Bonchev–Trinajstić information content (AvgIpc) is 3.08. The van der Waals surface area contributed by atoms with Gasteiger partial charge in [0.25, 0.3) is 5.91 Å². The van der Waals surface area contributed by atoms with Crippen LogP contribution < -0.4 is 4.74 Å². The van der Waals surface area contributed by atoms with Crippen LogP contribution in [-0.2, 0) is 0 Å². The standard InChI is InChI=1S/C25H23F4N3O2/c1-14-3-4-16(26)8-20(14)21-7-15(2)32(30-21)18-10-25(11-18)12-31(13-25)23(33)19-6-5-17(27)9-22(19)34-24(28)29/h3-9,18,24H,10-13H2,1-2H3. The van der Waals surface area contributed by atoms with Crippen molar-refractivity contribution < 1.29 is 27.1 Å². The van der Waals surface area contributed by atoms with Crippen molar-refractivity contribution in [3.63, 3.8) is 0 Å². The predicted molar refractivity (Wildman–Crippen MR) is 117 cm³/mol. The molecular formula is C25H23F4N3O2. The van der Waals surface area contributed by atoms with Gasteiger partial charge in [0.2, 0.25) is 0 Å². The minimum absolute atomic E-state index is 0.0442. The van der Waals surface area contributed by atoms with Gasteiger partial charge in [0.15, 0.2) is 0 Å². The molecule has 0 bridgehead atoms. The number of halogens is 4. The maximum atomic E-state index is 13.7. The van der Waals surface area contributed by atoms with Crippen LogP contribution in [0.25, 0.3) is 11.3 Å². The molecular weight excluding hydrogens is 450 g/mol. The highest BCUT2D eigenvalue weighted by Gasteiger charge is 2.55. The van der Waals surface area contributed by atoms with E-state index in [-0.39, 0.29) is 22.8 Å². The van der Waals surface area contributed by atoms with Gasteiger partial charge in [0.05, 0.1) is 17.3 Å². The van der Waals surface area contributed by atoms with Gasteiger partial charge in [-0.15, -0.1) is 0 Å². The molecule has 3 aromatic rings. The second kappa shape index (κ2) is 8.14. The van der Waals surface area contributed by atoms with E-state index in [0.29, 0.717) is 13.1 Å². The van der Waals surface area contributed by atoms with Crippen LogP contribution in [0.3, 0.4) is 0 Å². The third-order valence-electron chi connectivity index (χ3n) is 6.81. The van der Waals surface area contributed by atoms with Gasteiger partial charge in [-0.05, 0) is 62.6 Å². The van der Waals surface area contributed by atoms with Crippen molar-refractivity contribution >= 4 is 5.91 Å². The summed E-state index contributed by atoms with van der Waals surface area (Å²) in [5.74, 6) is -1.97. The van der Waals surface area contributed by atoms with Crippen LogP contribution in [0.1, 0.15) is 40.5 Å². The lowest BCUT2D eigenvalue weighted by molar-refractivity contribution is -0.0751. The smallest absolute Gasteiger partial charge is 0.387 e. The van der Waals surface area contributed by atoms with Crippen LogP contribution in [0.2, 0.25) is 0 Å². The van der Waals surface area contributed by atoms with E-state index in [9.17, 15) is 22.4 Å². The molecule has 1 amide bonds. The molecule has 2 fully saturated rings. The molecule has 1 aliphatic heterocycles. The number of hydrogen-bond donors (Lipinski definition) is 0. The summed E-state index contributed by atoms with van der Waals surface area (Å²) in [6, 6.07) is 9.79. The number of amides is 1. The van der Waals surface area contributed by atoms with Gasteiger partial charge >= 0.3 is 6.61 Å². The molecule has 34 heavy (non-hydrogen) atoms. The second-order valence-electron chi connectivity index (χ2n) is 9.32. The molecule has 9 heteroatoms. The summed E-state index contributed by atoms with van der Waals surface area (Å²) in [5, 5.41) is 4.72. The van der Waals surface area contributed by atoms with E-state index in [1.165, 1.54) is 18.2 Å². The zero-order valence-corrected chi connectivity index (χ0v) is 18.7. The summed E-state index contributed by atoms with van der Waals surface area (Å²) in [6.07, 6.45) is 1.65. The highest BCUT2D eigenvalue weighted by Crippen LogP contribution is 2.54. The lowest BCUT2D eigenvalue weighted by Gasteiger charge is -2.59. The van der Waals surface area contributed by atoms with Gasteiger partial charge in [-0.1, -0.05) is 6.07 Å². The summed E-state index contributed by atoms with van der Waals surface area (Å²) in [7, 11) is 0. The quantitative estimate of drug-likeness (QED) is 0.458. The molecule has 5 nitrogen and oxygen atoms in total. The number of aromatic nitrogens is 2. The highest BCUT2D eigenvalue weighted by molar-refractivity contribution is 5.97. The molecule has 0 radical (unpaired) electrons. The molecule has 1 saturated heterocycles. The summed E-state index contributed by atoms with van der Waals surface area (Å²) in [6.45, 7) is 1.71. The van der Waals surface area contributed by atoms with Gasteiger partial charge in [-0.25, -0.2) is 8.78 Å². The zero-order valence-electron chi connectivity index (χ0n) is 18.7. The maximum Gasteiger partial charge on any atom is 0.387 e. The number of rotatable bonds is 5. The van der Waals surface area contributed by atoms with Gasteiger partial charge in [-0.3, -0.25) is 9.48 Å². The molecule has 0 N–H and O–H groups in total. The average molecular weight is 473 g/mol. The minimum atomic E-state index is -3.15. The number of likely N-dealkylation sites (tertiary alicyclic amines) is 1. The fourth-order valence-corrected chi connectivity index (χ4v) is 5.17. The predicted octanol–water partition coefficient (Wildman–Crippen LogP) is 5.52. The van der Waals surface area contributed by atoms with Crippen molar-refractivity contribution in [2.75, 3.05) is 13.1 Å². The van der Waals surface area contributed by atoms with Gasteiger partial charge in [0.1, 0.15) is 17.4 Å². The van der Waals surface area contributed by atoms with E-state index in [2.05, 4.69) is 4.74 Å². The van der Waals surface area contributed by atoms with Crippen molar-refractivity contribution in [3.8, 4) is 17.0 Å². The van der Waals surface area contributed by atoms with Crippen LogP contribution in [0.4, 0.5) is 17.6 Å². The summed E-state index contributed by atoms with van der Waals surface area (Å²) < 4.78 is 58.8. The van der Waals surface area contributed by atoms with E-state index in [4.69, 9.17) is 5.10 Å². The zero-order chi connectivity index (χ0) is 24.2. The van der Waals surface area contributed by atoms with Crippen LogP contribution >= 0.6 is 0 Å². The first kappa shape index (κ1) is 22.4. The summed E-state index contributed by atoms with van der Waals surface area (Å²) >= 11 is 0. The molecule has 2 aromatic carbocycles. The Balaban J connectivity index is 1.25. The molecule has 5 rings (SSSR count). The van der Waals surface area contributed by atoms with Crippen molar-refractivity contribution in [2.24, 2.45) is 5.41 Å². The highest BCUT2D eigenvalue weighted by atomic mass is 19.3. The van der Waals surface area contributed by atoms with Crippen molar-refractivity contribution in [3.05, 3.63) is 70.9 Å². The van der Waals surface area contributed by atoms with Crippen molar-refractivity contribution in [1.82, 2.24) is 14.7 Å². The monoisotopic (exact) mass is 473 g/mol. The Hall–Kier alpha value is -3.36. The van der Waals surface area contributed by atoms with Gasteiger partial charge in [-0.2, -0.15) is 13.9 Å². The normalized spacial score (nSPS) is 17.1. The molecule has 0 atom stereocenters. The van der Waals surface area contributed by atoms with Gasteiger partial charge in [0, 0.05) is 35.8 Å². The number of carbonyl (C=O) groups excluding carboxylic acids is 1. The van der Waals surface area contributed by atoms with Crippen molar-refractivity contribution in [1.29, 1.82) is 0 Å². The minimum Gasteiger partial charge on any atom is -0.434 e. The fourth-order valence-electron chi connectivity index (χ4n) is 5.17.